The second kappa shape index (κ2) is 6.50. The molecule has 3 rings (SSSR count). The molecule has 24 heavy (non-hydrogen) atoms. The summed E-state index contributed by atoms with van der Waals surface area (Å²) in [4.78, 5) is 8.35. The van der Waals surface area contributed by atoms with E-state index in [0.717, 1.165) is 11.4 Å². The van der Waals surface area contributed by atoms with Crippen LogP contribution in [0.4, 0.5) is 0 Å². The van der Waals surface area contributed by atoms with E-state index in [1.54, 1.807) is 12.3 Å². The van der Waals surface area contributed by atoms with Crippen LogP contribution in [-0.2, 0) is 23.3 Å². The number of nitrogens with zero attached hydrogens (tertiary/aromatic N) is 5. The molecule has 2 aromatic heterocycles. The molecule has 8 nitrogen and oxygen atoms in total. The average Bonchev–Trinajstić information content (AvgIpc) is 2.86. The van der Waals surface area contributed by atoms with Gasteiger partial charge in [-0.15, -0.1) is 0 Å². The first kappa shape index (κ1) is 16.9. The van der Waals surface area contributed by atoms with Crippen molar-refractivity contribution in [3.8, 4) is 6.01 Å². The molecule has 0 N–H and O–H groups in total. The van der Waals surface area contributed by atoms with Crippen molar-refractivity contribution in [2.75, 3.05) is 20.6 Å². The third kappa shape index (κ3) is 3.42. The Morgan fingerprint density at radius 2 is 2.08 bits per heavy atom. The molecule has 9 heteroatoms. The van der Waals surface area contributed by atoms with E-state index in [2.05, 4.69) is 9.97 Å². The van der Waals surface area contributed by atoms with Gasteiger partial charge in [0.2, 0.25) is 0 Å². The molecule has 130 valence electrons. The molecule has 0 radical (unpaired) electrons. The molecule has 1 aliphatic rings. The molecule has 0 saturated heterocycles. The number of hydrogen-bond donors (Lipinski definition) is 0. The van der Waals surface area contributed by atoms with Crippen LogP contribution >= 0.6 is 0 Å². The Hall–Kier alpha value is -1.97. The zero-order chi connectivity index (χ0) is 17.3. The molecule has 0 bridgehead atoms. The van der Waals surface area contributed by atoms with Crippen molar-refractivity contribution in [1.82, 2.24) is 23.1 Å². The van der Waals surface area contributed by atoms with E-state index < -0.39 is 10.2 Å². The topological polar surface area (TPSA) is 80.6 Å². The van der Waals surface area contributed by atoms with Crippen LogP contribution in [-0.4, -0.2) is 58.3 Å². The van der Waals surface area contributed by atoms with Crippen molar-refractivity contribution in [2.24, 2.45) is 0 Å². The Labute approximate surface area is 141 Å². The van der Waals surface area contributed by atoms with Crippen LogP contribution in [0.1, 0.15) is 11.4 Å². The Morgan fingerprint density at radius 3 is 2.79 bits per heavy atom. The fraction of sp³-hybridized carbons (Fsp3) is 0.467. The van der Waals surface area contributed by atoms with Crippen molar-refractivity contribution in [3.05, 3.63) is 42.0 Å². The lowest BCUT2D eigenvalue weighted by Gasteiger charge is -2.26. The first-order chi connectivity index (χ1) is 11.4. The summed E-state index contributed by atoms with van der Waals surface area (Å²) in [7, 11) is -0.492. The minimum absolute atomic E-state index is 0.236. The second-order valence-electron chi connectivity index (χ2n) is 5.96. The van der Waals surface area contributed by atoms with Gasteiger partial charge in [0.15, 0.2) is 0 Å². The summed E-state index contributed by atoms with van der Waals surface area (Å²) < 4.78 is 35.7. The lowest BCUT2D eigenvalue weighted by Crippen LogP contribution is -2.44. The van der Waals surface area contributed by atoms with Gasteiger partial charge in [0.05, 0.1) is 19.6 Å². The summed E-state index contributed by atoms with van der Waals surface area (Å²) in [5.74, 6) is 0. The molecular formula is C15H21N5O3S. The van der Waals surface area contributed by atoms with Crippen molar-refractivity contribution in [1.29, 1.82) is 0 Å². The second-order valence-corrected chi connectivity index (χ2v) is 8.10. The highest BCUT2D eigenvalue weighted by atomic mass is 32.2. The van der Waals surface area contributed by atoms with Gasteiger partial charge in [-0.3, -0.25) is 0 Å². The normalized spacial score (nSPS) is 19.1. The predicted molar refractivity (Wildman–Crippen MR) is 88.6 cm³/mol. The van der Waals surface area contributed by atoms with E-state index in [4.69, 9.17) is 4.74 Å². The minimum atomic E-state index is -3.54. The van der Waals surface area contributed by atoms with Gasteiger partial charge in [-0.05, 0) is 25.1 Å². The summed E-state index contributed by atoms with van der Waals surface area (Å²) in [6.45, 7) is 2.94. The lowest BCUT2D eigenvalue weighted by atomic mass is 10.3. The average molecular weight is 351 g/mol. The van der Waals surface area contributed by atoms with Crippen molar-refractivity contribution in [3.63, 3.8) is 0 Å². The van der Waals surface area contributed by atoms with Gasteiger partial charge >= 0.3 is 6.01 Å². The Bertz CT molecular complexity index is 818. The summed E-state index contributed by atoms with van der Waals surface area (Å²) in [5.41, 5.74) is 1.73. The van der Waals surface area contributed by atoms with E-state index in [-0.39, 0.29) is 18.7 Å². The zero-order valence-electron chi connectivity index (χ0n) is 14.0. The van der Waals surface area contributed by atoms with Crippen molar-refractivity contribution in [2.45, 2.75) is 26.1 Å². The molecule has 1 aliphatic heterocycles. The predicted octanol–water partition coefficient (Wildman–Crippen LogP) is 0.656. The number of aryl methyl sites for hydroxylation is 1. The number of aromatic nitrogens is 3. The minimum Gasteiger partial charge on any atom is -0.457 e. The van der Waals surface area contributed by atoms with Crippen LogP contribution in [0, 0.1) is 6.92 Å². The molecule has 1 atom stereocenters. The van der Waals surface area contributed by atoms with Crippen LogP contribution in [0.25, 0.3) is 0 Å². The number of ether oxygens (including phenoxy) is 1. The smallest absolute Gasteiger partial charge is 0.316 e. The van der Waals surface area contributed by atoms with E-state index >= 15 is 0 Å². The van der Waals surface area contributed by atoms with Crippen LogP contribution in [0.2, 0.25) is 0 Å². The molecule has 3 heterocycles. The van der Waals surface area contributed by atoms with Gasteiger partial charge in [-0.2, -0.15) is 17.0 Å². The summed E-state index contributed by atoms with van der Waals surface area (Å²) in [5, 5.41) is 0. The maximum atomic E-state index is 12.6. The van der Waals surface area contributed by atoms with Gasteiger partial charge in [0, 0.05) is 37.9 Å². The highest BCUT2D eigenvalue weighted by molar-refractivity contribution is 7.86. The van der Waals surface area contributed by atoms with E-state index in [9.17, 15) is 8.42 Å². The van der Waals surface area contributed by atoms with E-state index in [1.807, 2.05) is 29.8 Å². The van der Waals surface area contributed by atoms with Gasteiger partial charge in [0.25, 0.3) is 10.2 Å². The zero-order valence-corrected chi connectivity index (χ0v) is 14.8. The Morgan fingerprint density at radius 1 is 1.29 bits per heavy atom. The van der Waals surface area contributed by atoms with Gasteiger partial charge in [0.1, 0.15) is 6.10 Å². The number of fused-ring (bicyclic) bond motifs is 1. The first-order valence-corrected chi connectivity index (χ1v) is 9.04. The molecule has 0 saturated carbocycles. The molecule has 0 aliphatic carbocycles. The fourth-order valence-corrected chi connectivity index (χ4v) is 3.75. The molecule has 0 amide bonds. The van der Waals surface area contributed by atoms with Crippen LogP contribution in [0.5, 0.6) is 6.01 Å². The molecule has 0 spiro atoms. The third-order valence-corrected chi connectivity index (χ3v) is 5.76. The van der Waals surface area contributed by atoms with E-state index in [1.165, 1.54) is 22.7 Å². The van der Waals surface area contributed by atoms with Crippen LogP contribution in [0.3, 0.4) is 0 Å². The third-order valence-electron chi connectivity index (χ3n) is 3.90. The molecule has 2 aromatic rings. The lowest BCUT2D eigenvalue weighted by molar-refractivity contribution is 0.145. The largest absolute Gasteiger partial charge is 0.457 e. The van der Waals surface area contributed by atoms with Crippen molar-refractivity contribution >= 4 is 10.2 Å². The Balaban J connectivity index is 1.89. The summed E-state index contributed by atoms with van der Waals surface area (Å²) >= 11 is 0. The Kier molecular flexibility index (Phi) is 4.57. The standard InChI is InChI=1S/C15H21N5O3S/c1-12-6-7-16-15(17-12)23-14-10-19-8-4-5-13(19)9-20(11-14)24(21,22)18(2)3/h4-8,14H,9-11H2,1-3H3. The summed E-state index contributed by atoms with van der Waals surface area (Å²) in [6.07, 6.45) is 3.17. The SMILES string of the molecule is Cc1ccnc(OC2CN(S(=O)(=O)N(C)C)Cc3cccn3C2)n1. The first-order valence-electron chi connectivity index (χ1n) is 7.64. The van der Waals surface area contributed by atoms with Gasteiger partial charge < -0.3 is 9.30 Å². The highest BCUT2D eigenvalue weighted by Gasteiger charge is 2.32. The monoisotopic (exact) mass is 351 g/mol. The fourth-order valence-electron chi connectivity index (χ4n) is 2.63. The van der Waals surface area contributed by atoms with Gasteiger partial charge in [-0.25, -0.2) is 9.97 Å². The quantitative estimate of drug-likeness (QED) is 0.808. The van der Waals surface area contributed by atoms with Gasteiger partial charge in [-0.1, -0.05) is 0 Å². The number of rotatable bonds is 4. The summed E-state index contributed by atoms with van der Waals surface area (Å²) in [6, 6.07) is 5.87. The number of hydrogen-bond acceptors (Lipinski definition) is 5. The van der Waals surface area contributed by atoms with Crippen LogP contribution < -0.4 is 4.74 Å². The van der Waals surface area contributed by atoms with Crippen LogP contribution in [0.15, 0.2) is 30.6 Å². The van der Waals surface area contributed by atoms with E-state index in [0.29, 0.717) is 13.1 Å². The maximum Gasteiger partial charge on any atom is 0.316 e. The maximum absolute atomic E-state index is 12.6. The van der Waals surface area contributed by atoms with Crippen molar-refractivity contribution < 1.29 is 13.2 Å². The molecule has 0 fully saturated rings. The molecule has 1 unspecified atom stereocenters. The molecular weight excluding hydrogens is 330 g/mol. The highest BCUT2D eigenvalue weighted by Crippen LogP contribution is 2.20. The molecule has 0 aromatic carbocycles.